The number of carbonyl (C=O) groups is 3. The largest absolute Gasteiger partial charge is 0.469 e. The van der Waals surface area contributed by atoms with Crippen molar-refractivity contribution in [3.63, 3.8) is 0 Å². The first-order chi connectivity index (χ1) is 8.49. The molecule has 18 heavy (non-hydrogen) atoms. The second-order valence-electron chi connectivity index (χ2n) is 4.07. The van der Waals surface area contributed by atoms with Gasteiger partial charge in [0.25, 0.3) is 0 Å². The first-order valence-electron chi connectivity index (χ1n) is 5.53. The van der Waals surface area contributed by atoms with E-state index in [1.165, 1.54) is 20.3 Å². The lowest BCUT2D eigenvalue weighted by molar-refractivity contribution is -0.153. The van der Waals surface area contributed by atoms with Crippen molar-refractivity contribution in [2.75, 3.05) is 14.2 Å². The van der Waals surface area contributed by atoms with E-state index in [4.69, 9.17) is 0 Å². The molecule has 0 saturated heterocycles. The van der Waals surface area contributed by atoms with Gasteiger partial charge in [0.15, 0.2) is 5.78 Å². The summed E-state index contributed by atoms with van der Waals surface area (Å²) in [7, 11) is 2.35. The van der Waals surface area contributed by atoms with Gasteiger partial charge in [-0.1, -0.05) is 12.2 Å². The first kappa shape index (κ1) is 14.4. The molecule has 1 unspecified atom stereocenters. The van der Waals surface area contributed by atoms with Gasteiger partial charge in [0.05, 0.1) is 20.3 Å². The molecule has 0 aromatic rings. The van der Waals surface area contributed by atoms with Crippen LogP contribution in [0.25, 0.3) is 0 Å². The van der Waals surface area contributed by atoms with E-state index in [1.807, 2.05) is 0 Å². The number of hydrogen-bond acceptors (Lipinski definition) is 6. The Kier molecular flexibility index (Phi) is 5.03. The van der Waals surface area contributed by atoms with Gasteiger partial charge in [0.2, 0.25) is 0 Å². The molecule has 0 spiro atoms. The van der Waals surface area contributed by atoms with E-state index in [-0.39, 0.29) is 6.42 Å². The highest BCUT2D eigenvalue weighted by molar-refractivity contribution is 6.06. The summed E-state index contributed by atoms with van der Waals surface area (Å²) in [5.41, 5.74) is 0. The third-order valence-electron chi connectivity index (χ3n) is 2.87. The van der Waals surface area contributed by atoms with Crippen molar-refractivity contribution < 1.29 is 29.0 Å². The van der Waals surface area contributed by atoms with Crippen LogP contribution in [0.2, 0.25) is 0 Å². The predicted octanol–water partition coefficient (Wildman–Crippen LogP) is -0.155. The maximum absolute atomic E-state index is 11.9. The van der Waals surface area contributed by atoms with E-state index in [0.717, 1.165) is 0 Å². The maximum atomic E-state index is 11.9. The minimum atomic E-state index is -1.07. The molecule has 3 atom stereocenters. The van der Waals surface area contributed by atoms with E-state index >= 15 is 0 Å². The summed E-state index contributed by atoms with van der Waals surface area (Å²) in [6, 6.07) is 0. The molecule has 0 aromatic heterocycles. The Labute approximate surface area is 105 Å². The van der Waals surface area contributed by atoms with Gasteiger partial charge < -0.3 is 14.6 Å². The summed E-state index contributed by atoms with van der Waals surface area (Å²) >= 11 is 0. The molecule has 1 rings (SSSR count). The maximum Gasteiger partial charge on any atom is 0.316 e. The highest BCUT2D eigenvalue weighted by Crippen LogP contribution is 2.28. The Morgan fingerprint density at radius 3 is 2.39 bits per heavy atom. The summed E-state index contributed by atoms with van der Waals surface area (Å²) in [6.07, 6.45) is 2.24. The minimum absolute atomic E-state index is 0.271. The molecule has 1 aliphatic carbocycles. The van der Waals surface area contributed by atoms with Crippen molar-refractivity contribution in [1.29, 1.82) is 0 Å². The second kappa shape index (κ2) is 6.30. The molecule has 0 radical (unpaired) electrons. The summed E-state index contributed by atoms with van der Waals surface area (Å²) in [5.74, 6) is -3.46. The van der Waals surface area contributed by atoms with Crippen LogP contribution in [-0.2, 0) is 23.9 Å². The second-order valence-corrected chi connectivity index (χ2v) is 4.07. The minimum Gasteiger partial charge on any atom is -0.469 e. The molecule has 6 nitrogen and oxygen atoms in total. The van der Waals surface area contributed by atoms with Gasteiger partial charge in [-0.25, -0.2) is 0 Å². The fraction of sp³-hybridized carbons (Fsp3) is 0.583. The van der Waals surface area contributed by atoms with Crippen LogP contribution in [-0.4, -0.2) is 43.2 Å². The standard InChI is InChI=1S/C12H16O6/c1-17-10(15)6-9(14)11(12(16)18-2)7-3-4-8(13)5-7/h3-4,7-8,11,13H,5-6H2,1-2H3/t7-,8+,11?/m0/s1. The van der Waals surface area contributed by atoms with Crippen molar-refractivity contribution in [2.24, 2.45) is 11.8 Å². The third kappa shape index (κ3) is 3.40. The van der Waals surface area contributed by atoms with Crippen LogP contribution in [0.3, 0.4) is 0 Å². The molecule has 1 N–H and O–H groups in total. The molecule has 0 aromatic carbocycles. The SMILES string of the molecule is COC(=O)CC(=O)C(C(=O)OC)[C@H]1C=C[C@@H](O)C1. The number of ketones is 1. The van der Waals surface area contributed by atoms with E-state index in [1.54, 1.807) is 6.08 Å². The van der Waals surface area contributed by atoms with Gasteiger partial charge in [-0.2, -0.15) is 0 Å². The average molecular weight is 256 g/mol. The van der Waals surface area contributed by atoms with Crippen molar-refractivity contribution in [3.05, 3.63) is 12.2 Å². The monoisotopic (exact) mass is 256 g/mol. The Morgan fingerprint density at radius 1 is 1.28 bits per heavy atom. The van der Waals surface area contributed by atoms with Gasteiger partial charge in [0, 0.05) is 0 Å². The Bertz CT molecular complexity index is 373. The molecule has 1 aliphatic rings. The number of methoxy groups -OCH3 is 2. The number of aliphatic hydroxyl groups is 1. The topological polar surface area (TPSA) is 89.9 Å². The van der Waals surface area contributed by atoms with E-state index in [0.29, 0.717) is 0 Å². The van der Waals surface area contributed by atoms with Crippen LogP contribution in [0.1, 0.15) is 12.8 Å². The van der Waals surface area contributed by atoms with E-state index in [2.05, 4.69) is 9.47 Å². The van der Waals surface area contributed by atoms with Crippen LogP contribution in [0.15, 0.2) is 12.2 Å². The van der Waals surface area contributed by atoms with Gasteiger partial charge in [-0.15, -0.1) is 0 Å². The van der Waals surface area contributed by atoms with Crippen molar-refractivity contribution >= 4 is 17.7 Å². The lowest BCUT2D eigenvalue weighted by Crippen LogP contribution is -2.33. The number of ether oxygens (including phenoxy) is 2. The highest BCUT2D eigenvalue weighted by atomic mass is 16.5. The van der Waals surface area contributed by atoms with E-state index in [9.17, 15) is 19.5 Å². The molecule has 100 valence electrons. The molecule has 0 heterocycles. The quantitative estimate of drug-likeness (QED) is 0.418. The van der Waals surface area contributed by atoms with Crippen LogP contribution < -0.4 is 0 Å². The zero-order valence-corrected chi connectivity index (χ0v) is 10.3. The molecule has 0 bridgehead atoms. The van der Waals surface area contributed by atoms with Crippen LogP contribution in [0, 0.1) is 11.8 Å². The summed E-state index contributed by atoms with van der Waals surface area (Å²) in [4.78, 5) is 34.5. The van der Waals surface area contributed by atoms with Crippen molar-refractivity contribution in [2.45, 2.75) is 18.9 Å². The number of allylic oxidation sites excluding steroid dienone is 1. The molecular formula is C12H16O6. The molecule has 0 fully saturated rings. The van der Waals surface area contributed by atoms with Crippen LogP contribution in [0.4, 0.5) is 0 Å². The van der Waals surface area contributed by atoms with Crippen LogP contribution >= 0.6 is 0 Å². The molecule has 0 saturated carbocycles. The number of esters is 2. The fourth-order valence-corrected chi connectivity index (χ4v) is 1.95. The van der Waals surface area contributed by atoms with Crippen molar-refractivity contribution in [3.8, 4) is 0 Å². The Hall–Kier alpha value is -1.69. The number of rotatable bonds is 5. The zero-order chi connectivity index (χ0) is 13.7. The van der Waals surface area contributed by atoms with Crippen LogP contribution in [0.5, 0.6) is 0 Å². The number of carbonyl (C=O) groups excluding carboxylic acids is 3. The fourth-order valence-electron chi connectivity index (χ4n) is 1.95. The molecular weight excluding hydrogens is 240 g/mol. The van der Waals surface area contributed by atoms with Gasteiger partial charge >= 0.3 is 11.9 Å². The Morgan fingerprint density at radius 2 is 1.94 bits per heavy atom. The lowest BCUT2D eigenvalue weighted by Gasteiger charge is -2.18. The van der Waals surface area contributed by atoms with Crippen molar-refractivity contribution in [1.82, 2.24) is 0 Å². The summed E-state index contributed by atoms with van der Waals surface area (Å²) in [5, 5.41) is 9.37. The normalized spacial score (nSPS) is 23.5. The summed E-state index contributed by atoms with van der Waals surface area (Å²) < 4.78 is 8.96. The van der Waals surface area contributed by atoms with Gasteiger partial charge in [0.1, 0.15) is 12.3 Å². The first-order valence-corrected chi connectivity index (χ1v) is 5.53. The smallest absolute Gasteiger partial charge is 0.316 e. The average Bonchev–Trinajstić information content (AvgIpc) is 2.75. The third-order valence-corrected chi connectivity index (χ3v) is 2.87. The molecule has 0 amide bonds. The summed E-state index contributed by atoms with van der Waals surface area (Å²) in [6.45, 7) is 0. The number of aliphatic hydroxyl groups excluding tert-OH is 1. The van der Waals surface area contributed by atoms with Gasteiger partial charge in [-0.3, -0.25) is 14.4 Å². The van der Waals surface area contributed by atoms with E-state index < -0.39 is 42.1 Å². The highest BCUT2D eigenvalue weighted by Gasteiger charge is 2.37. The van der Waals surface area contributed by atoms with Gasteiger partial charge in [-0.05, 0) is 12.3 Å². The zero-order valence-electron chi connectivity index (χ0n) is 10.3. The molecule has 0 aliphatic heterocycles. The Balaban J connectivity index is 2.79. The number of Topliss-reactive ketones (excluding diaryl/α,β-unsaturated/α-hetero) is 1. The molecule has 6 heteroatoms. The lowest BCUT2D eigenvalue weighted by atomic mass is 9.86. The predicted molar refractivity (Wildman–Crippen MR) is 60.4 cm³/mol. The number of hydrogen-bond donors (Lipinski definition) is 1.